The van der Waals surface area contributed by atoms with Crippen LogP contribution in [0.2, 0.25) is 5.02 Å². The van der Waals surface area contributed by atoms with Crippen molar-refractivity contribution in [3.8, 4) is 5.75 Å². The van der Waals surface area contributed by atoms with Crippen molar-refractivity contribution in [1.29, 1.82) is 0 Å². The van der Waals surface area contributed by atoms with Crippen LogP contribution in [0.1, 0.15) is 24.5 Å². The number of amides is 1. The van der Waals surface area contributed by atoms with E-state index in [0.717, 1.165) is 11.3 Å². The Balaban J connectivity index is 2.11. The molecular weight excluding hydrogens is 298 g/mol. The van der Waals surface area contributed by atoms with Crippen molar-refractivity contribution < 1.29 is 9.53 Å². The number of nitrogens with one attached hydrogen (secondary N) is 1. The zero-order valence-electron chi connectivity index (χ0n) is 13.0. The minimum atomic E-state index is -0.558. The number of carbonyl (C=O) groups excluding carboxylic acids is 1. The second-order valence-corrected chi connectivity index (χ2v) is 5.66. The molecule has 1 N–H and O–H groups in total. The molecule has 0 aliphatic heterocycles. The lowest BCUT2D eigenvalue weighted by Gasteiger charge is -2.19. The molecule has 1 atom stereocenters. The van der Waals surface area contributed by atoms with E-state index in [2.05, 4.69) is 5.32 Å². The van der Waals surface area contributed by atoms with E-state index in [1.165, 1.54) is 5.56 Å². The highest BCUT2D eigenvalue weighted by Gasteiger charge is 2.20. The maximum Gasteiger partial charge on any atom is 0.265 e. The van der Waals surface area contributed by atoms with Gasteiger partial charge in [0.05, 0.1) is 10.7 Å². The van der Waals surface area contributed by atoms with E-state index >= 15 is 0 Å². The smallest absolute Gasteiger partial charge is 0.265 e. The topological polar surface area (TPSA) is 38.3 Å². The predicted octanol–water partition coefficient (Wildman–Crippen LogP) is 4.75. The summed E-state index contributed by atoms with van der Waals surface area (Å²) in [6, 6.07) is 13.1. The third-order valence-corrected chi connectivity index (χ3v) is 3.72. The van der Waals surface area contributed by atoms with E-state index in [1.807, 2.05) is 51.1 Å². The van der Waals surface area contributed by atoms with Gasteiger partial charge in [0.25, 0.3) is 5.91 Å². The van der Waals surface area contributed by atoms with Gasteiger partial charge in [-0.05, 0) is 44.0 Å². The Kier molecular flexibility index (Phi) is 5.45. The van der Waals surface area contributed by atoms with Gasteiger partial charge in [-0.25, -0.2) is 0 Å². The average Bonchev–Trinajstić information content (AvgIpc) is 2.49. The molecule has 22 heavy (non-hydrogen) atoms. The molecule has 0 spiro atoms. The van der Waals surface area contributed by atoms with E-state index in [0.29, 0.717) is 17.1 Å². The van der Waals surface area contributed by atoms with Crippen LogP contribution in [-0.2, 0) is 4.79 Å². The Bertz CT molecular complexity index is 670. The molecule has 0 bridgehead atoms. The number of hydrogen-bond acceptors (Lipinski definition) is 2. The van der Waals surface area contributed by atoms with Gasteiger partial charge in [-0.15, -0.1) is 0 Å². The van der Waals surface area contributed by atoms with E-state index in [-0.39, 0.29) is 5.91 Å². The lowest BCUT2D eigenvalue weighted by molar-refractivity contribution is -0.122. The van der Waals surface area contributed by atoms with Gasteiger partial charge < -0.3 is 10.1 Å². The Hall–Kier alpha value is -2.00. The number of aryl methyl sites for hydroxylation is 2. The van der Waals surface area contributed by atoms with E-state index < -0.39 is 6.10 Å². The van der Waals surface area contributed by atoms with Gasteiger partial charge in [0.15, 0.2) is 6.10 Å². The molecule has 1 amide bonds. The third kappa shape index (κ3) is 4.01. The fourth-order valence-electron chi connectivity index (χ4n) is 2.18. The van der Waals surface area contributed by atoms with Crippen LogP contribution < -0.4 is 10.1 Å². The van der Waals surface area contributed by atoms with Gasteiger partial charge in [-0.3, -0.25) is 4.79 Å². The molecule has 0 heterocycles. The number of rotatable bonds is 5. The summed E-state index contributed by atoms with van der Waals surface area (Å²) in [5.74, 6) is 0.530. The number of anilines is 1. The maximum atomic E-state index is 12.4. The van der Waals surface area contributed by atoms with Crippen LogP contribution in [0.25, 0.3) is 0 Å². The first-order valence-electron chi connectivity index (χ1n) is 7.30. The first kappa shape index (κ1) is 16.4. The van der Waals surface area contributed by atoms with Crippen molar-refractivity contribution in [2.45, 2.75) is 33.3 Å². The summed E-state index contributed by atoms with van der Waals surface area (Å²) < 4.78 is 5.87. The zero-order valence-corrected chi connectivity index (χ0v) is 13.8. The predicted molar refractivity (Wildman–Crippen MR) is 90.7 cm³/mol. The van der Waals surface area contributed by atoms with Gasteiger partial charge in [0.1, 0.15) is 5.75 Å². The molecule has 0 unspecified atom stereocenters. The second-order valence-electron chi connectivity index (χ2n) is 5.25. The molecule has 0 aliphatic carbocycles. The Morgan fingerprint density at radius 2 is 1.95 bits per heavy atom. The number of carbonyl (C=O) groups is 1. The summed E-state index contributed by atoms with van der Waals surface area (Å²) in [7, 11) is 0. The lowest BCUT2D eigenvalue weighted by atomic mass is 10.1. The van der Waals surface area contributed by atoms with Gasteiger partial charge in [-0.1, -0.05) is 48.4 Å². The highest BCUT2D eigenvalue weighted by molar-refractivity contribution is 6.33. The molecule has 2 aromatic carbocycles. The number of benzene rings is 2. The van der Waals surface area contributed by atoms with Crippen molar-refractivity contribution in [2.75, 3.05) is 5.32 Å². The van der Waals surface area contributed by atoms with Crippen molar-refractivity contribution in [2.24, 2.45) is 0 Å². The van der Waals surface area contributed by atoms with E-state index in [4.69, 9.17) is 16.3 Å². The number of halogens is 1. The van der Waals surface area contributed by atoms with Crippen molar-refractivity contribution >= 4 is 23.2 Å². The van der Waals surface area contributed by atoms with Gasteiger partial charge in [0.2, 0.25) is 0 Å². The molecule has 116 valence electrons. The fraction of sp³-hybridized carbons (Fsp3) is 0.278. The molecule has 0 radical (unpaired) electrons. The molecule has 0 aliphatic rings. The molecule has 4 heteroatoms. The summed E-state index contributed by atoms with van der Waals surface area (Å²) >= 11 is 6.06. The highest BCUT2D eigenvalue weighted by atomic mass is 35.5. The number of hydrogen-bond donors (Lipinski definition) is 1. The summed E-state index contributed by atoms with van der Waals surface area (Å²) in [6.45, 7) is 5.92. The van der Waals surface area contributed by atoms with Gasteiger partial charge in [-0.2, -0.15) is 0 Å². The van der Waals surface area contributed by atoms with E-state index in [9.17, 15) is 4.79 Å². The SMILES string of the molecule is CC[C@H](Oc1ccc(C)cc1C)C(=O)Nc1ccccc1Cl. The van der Waals surface area contributed by atoms with Crippen LogP contribution in [0.15, 0.2) is 42.5 Å². The Morgan fingerprint density at radius 1 is 1.23 bits per heavy atom. The summed E-state index contributed by atoms with van der Waals surface area (Å²) in [5, 5.41) is 3.33. The normalized spacial score (nSPS) is 11.8. The van der Waals surface area contributed by atoms with Gasteiger partial charge >= 0.3 is 0 Å². The molecule has 0 fully saturated rings. The number of ether oxygens (including phenoxy) is 1. The van der Waals surface area contributed by atoms with Gasteiger partial charge in [0, 0.05) is 0 Å². The largest absolute Gasteiger partial charge is 0.480 e. The van der Waals surface area contributed by atoms with Crippen LogP contribution >= 0.6 is 11.6 Å². The molecule has 3 nitrogen and oxygen atoms in total. The lowest BCUT2D eigenvalue weighted by Crippen LogP contribution is -2.32. The van der Waals surface area contributed by atoms with Crippen LogP contribution in [0, 0.1) is 13.8 Å². The van der Waals surface area contributed by atoms with Crippen LogP contribution in [0.3, 0.4) is 0 Å². The Morgan fingerprint density at radius 3 is 2.59 bits per heavy atom. The minimum absolute atomic E-state index is 0.199. The minimum Gasteiger partial charge on any atom is -0.480 e. The summed E-state index contributed by atoms with van der Waals surface area (Å²) in [4.78, 5) is 12.4. The Labute approximate surface area is 136 Å². The second kappa shape index (κ2) is 7.32. The average molecular weight is 318 g/mol. The van der Waals surface area contributed by atoms with Crippen LogP contribution in [0.4, 0.5) is 5.69 Å². The third-order valence-electron chi connectivity index (χ3n) is 3.39. The van der Waals surface area contributed by atoms with Crippen molar-refractivity contribution in [1.82, 2.24) is 0 Å². The molecule has 0 saturated heterocycles. The monoisotopic (exact) mass is 317 g/mol. The quantitative estimate of drug-likeness (QED) is 0.864. The maximum absolute atomic E-state index is 12.4. The molecule has 2 rings (SSSR count). The summed E-state index contributed by atoms with van der Waals surface area (Å²) in [6.07, 6.45) is 0.0153. The van der Waals surface area contributed by atoms with Crippen molar-refractivity contribution in [3.63, 3.8) is 0 Å². The molecule has 0 saturated carbocycles. The standard InChI is InChI=1S/C18H20ClNO2/c1-4-16(22-17-10-9-12(2)11-13(17)3)18(21)20-15-8-6-5-7-14(15)19/h5-11,16H,4H2,1-3H3,(H,20,21)/t16-/m0/s1. The molecule has 2 aromatic rings. The summed E-state index contributed by atoms with van der Waals surface area (Å²) in [5.41, 5.74) is 2.78. The highest BCUT2D eigenvalue weighted by Crippen LogP contribution is 2.23. The molecule has 0 aromatic heterocycles. The van der Waals surface area contributed by atoms with E-state index in [1.54, 1.807) is 12.1 Å². The molecular formula is C18H20ClNO2. The zero-order chi connectivity index (χ0) is 16.1. The fourth-order valence-corrected chi connectivity index (χ4v) is 2.37. The van der Waals surface area contributed by atoms with Crippen molar-refractivity contribution in [3.05, 3.63) is 58.6 Å². The first-order valence-corrected chi connectivity index (χ1v) is 7.68. The number of para-hydroxylation sites is 1. The van der Waals surface area contributed by atoms with Crippen LogP contribution in [-0.4, -0.2) is 12.0 Å². The first-order chi connectivity index (χ1) is 10.5. The van der Waals surface area contributed by atoms with Crippen LogP contribution in [0.5, 0.6) is 5.75 Å².